The SMILES string of the molecule is COc1ccc2c(c1-n1cccc1)[C@]1(C)CCN(C(=O)c3ccc4nc[nH]c4c3)C(C2)C1C. The Morgan fingerprint density at radius 1 is 1.21 bits per heavy atom. The molecule has 1 amide bonds. The first kappa shape index (κ1) is 20.1. The van der Waals surface area contributed by atoms with Gasteiger partial charge in [-0.15, -0.1) is 0 Å². The summed E-state index contributed by atoms with van der Waals surface area (Å²) in [4.78, 5) is 23.2. The minimum Gasteiger partial charge on any atom is -0.495 e. The molecule has 1 fully saturated rings. The molecule has 6 heteroatoms. The van der Waals surface area contributed by atoms with Crippen LogP contribution in [0.1, 0.15) is 41.8 Å². The zero-order chi connectivity index (χ0) is 22.7. The second-order valence-electron chi connectivity index (χ2n) is 9.60. The van der Waals surface area contributed by atoms with Gasteiger partial charge in [0.25, 0.3) is 5.91 Å². The Hall–Kier alpha value is -3.54. The van der Waals surface area contributed by atoms with Gasteiger partial charge in [0.05, 0.1) is 30.2 Å². The van der Waals surface area contributed by atoms with Crippen molar-refractivity contribution in [1.29, 1.82) is 0 Å². The zero-order valence-corrected chi connectivity index (χ0v) is 19.2. The molecule has 0 saturated carbocycles. The summed E-state index contributed by atoms with van der Waals surface area (Å²) < 4.78 is 7.98. The van der Waals surface area contributed by atoms with Gasteiger partial charge in [0.15, 0.2) is 0 Å². The molecule has 6 rings (SSSR count). The van der Waals surface area contributed by atoms with Gasteiger partial charge in [-0.1, -0.05) is 19.9 Å². The first-order valence-corrected chi connectivity index (χ1v) is 11.6. The molecule has 2 aromatic heterocycles. The Morgan fingerprint density at radius 2 is 2.03 bits per heavy atom. The lowest BCUT2D eigenvalue weighted by molar-refractivity contribution is 0.0250. The second-order valence-corrected chi connectivity index (χ2v) is 9.60. The number of methoxy groups -OCH3 is 1. The topological polar surface area (TPSA) is 63.1 Å². The maximum atomic E-state index is 13.6. The number of carbonyl (C=O) groups excluding carboxylic acids is 1. The van der Waals surface area contributed by atoms with Crippen molar-refractivity contribution in [1.82, 2.24) is 19.4 Å². The molecule has 0 spiro atoms. The Morgan fingerprint density at radius 3 is 2.82 bits per heavy atom. The summed E-state index contributed by atoms with van der Waals surface area (Å²) in [6.45, 7) is 5.42. The molecule has 2 bridgehead atoms. The number of rotatable bonds is 3. The highest BCUT2D eigenvalue weighted by molar-refractivity contribution is 5.97. The van der Waals surface area contributed by atoms with Crippen molar-refractivity contribution in [2.24, 2.45) is 5.92 Å². The van der Waals surface area contributed by atoms with Crippen LogP contribution in [0.15, 0.2) is 61.2 Å². The van der Waals surface area contributed by atoms with Gasteiger partial charge in [-0.2, -0.15) is 0 Å². The van der Waals surface area contributed by atoms with E-state index in [1.807, 2.05) is 30.3 Å². The molecule has 168 valence electrons. The Kier molecular flexibility index (Phi) is 4.41. The van der Waals surface area contributed by atoms with E-state index in [1.54, 1.807) is 13.4 Å². The van der Waals surface area contributed by atoms with Crippen LogP contribution in [-0.4, -0.2) is 45.0 Å². The number of likely N-dealkylation sites (tertiary alicyclic amines) is 1. The molecule has 2 unspecified atom stereocenters. The number of nitrogens with one attached hydrogen (secondary N) is 1. The highest BCUT2D eigenvalue weighted by Crippen LogP contribution is 2.52. The Balaban J connectivity index is 1.43. The van der Waals surface area contributed by atoms with Crippen LogP contribution in [-0.2, 0) is 11.8 Å². The maximum Gasteiger partial charge on any atom is 0.254 e. The summed E-state index contributed by atoms with van der Waals surface area (Å²) in [5.74, 6) is 1.32. The molecule has 33 heavy (non-hydrogen) atoms. The predicted octanol–water partition coefficient (Wildman–Crippen LogP) is 4.73. The molecule has 6 nitrogen and oxygen atoms in total. The summed E-state index contributed by atoms with van der Waals surface area (Å²) in [7, 11) is 1.74. The van der Waals surface area contributed by atoms with E-state index >= 15 is 0 Å². The van der Waals surface area contributed by atoms with Gasteiger partial charge in [0.1, 0.15) is 5.75 Å². The van der Waals surface area contributed by atoms with Crippen LogP contribution < -0.4 is 4.74 Å². The highest BCUT2D eigenvalue weighted by atomic mass is 16.5. The molecule has 2 aromatic carbocycles. The number of nitrogens with zero attached hydrogens (tertiary/aromatic N) is 3. The van der Waals surface area contributed by atoms with Crippen LogP contribution in [0.5, 0.6) is 5.75 Å². The van der Waals surface area contributed by atoms with Crippen LogP contribution in [0.3, 0.4) is 0 Å². The van der Waals surface area contributed by atoms with Crippen molar-refractivity contribution in [3.63, 3.8) is 0 Å². The van der Waals surface area contributed by atoms with E-state index in [0.29, 0.717) is 5.92 Å². The molecule has 1 aliphatic heterocycles. The zero-order valence-electron chi connectivity index (χ0n) is 19.2. The third kappa shape index (κ3) is 2.86. The summed E-state index contributed by atoms with van der Waals surface area (Å²) in [6.07, 6.45) is 7.60. The van der Waals surface area contributed by atoms with E-state index in [-0.39, 0.29) is 17.4 Å². The number of hydrogen-bond acceptors (Lipinski definition) is 3. The maximum absolute atomic E-state index is 13.6. The van der Waals surface area contributed by atoms with Crippen molar-refractivity contribution >= 4 is 16.9 Å². The molecule has 1 N–H and O–H groups in total. The number of imidazole rings is 1. The van der Waals surface area contributed by atoms with Crippen molar-refractivity contribution in [3.05, 3.63) is 77.9 Å². The highest BCUT2D eigenvalue weighted by Gasteiger charge is 2.51. The van der Waals surface area contributed by atoms with Gasteiger partial charge < -0.3 is 19.2 Å². The molecule has 0 radical (unpaired) electrons. The number of aromatic amines is 1. The molecular weight excluding hydrogens is 412 g/mol. The first-order chi connectivity index (χ1) is 16.0. The van der Waals surface area contributed by atoms with Crippen LogP contribution in [0, 0.1) is 5.92 Å². The van der Waals surface area contributed by atoms with E-state index in [2.05, 4.69) is 57.8 Å². The number of benzene rings is 2. The smallest absolute Gasteiger partial charge is 0.254 e. The standard InChI is InChI=1S/C27H28N4O2/c1-17-22-15-18-7-9-23(33-3)25(30-11-4-5-12-30)24(18)27(17,2)10-13-31(22)26(32)19-6-8-20-21(14-19)29-16-28-20/h4-9,11-12,14,16-17,22H,10,13,15H2,1-3H3,(H,28,29)/t17?,22?,27-/m1/s1. The molecular formula is C27H28N4O2. The number of hydrogen-bond donors (Lipinski definition) is 1. The van der Waals surface area contributed by atoms with Gasteiger partial charge in [0, 0.05) is 36.0 Å². The van der Waals surface area contributed by atoms with Gasteiger partial charge in [0.2, 0.25) is 0 Å². The fourth-order valence-electron chi connectivity index (χ4n) is 6.12. The van der Waals surface area contributed by atoms with Crippen LogP contribution in [0.25, 0.3) is 16.7 Å². The fourth-order valence-corrected chi connectivity index (χ4v) is 6.12. The minimum atomic E-state index is -0.0451. The third-order valence-corrected chi connectivity index (χ3v) is 8.09. The average molecular weight is 441 g/mol. The van der Waals surface area contributed by atoms with Crippen LogP contribution in [0.4, 0.5) is 0 Å². The van der Waals surface area contributed by atoms with E-state index in [9.17, 15) is 4.79 Å². The summed E-state index contributed by atoms with van der Waals surface area (Å²) in [5.41, 5.74) is 6.27. The number of carbonyl (C=O) groups is 1. The second kappa shape index (κ2) is 7.24. The van der Waals surface area contributed by atoms with E-state index in [4.69, 9.17) is 4.74 Å². The van der Waals surface area contributed by atoms with E-state index in [0.717, 1.165) is 47.4 Å². The lowest BCUT2D eigenvalue weighted by atomic mass is 9.58. The lowest BCUT2D eigenvalue weighted by Crippen LogP contribution is -2.59. The van der Waals surface area contributed by atoms with Crippen LogP contribution >= 0.6 is 0 Å². The quantitative estimate of drug-likeness (QED) is 0.501. The Bertz CT molecular complexity index is 1360. The number of aromatic nitrogens is 3. The molecule has 4 aromatic rings. The monoisotopic (exact) mass is 440 g/mol. The summed E-state index contributed by atoms with van der Waals surface area (Å²) >= 11 is 0. The molecule has 1 saturated heterocycles. The molecule has 1 aliphatic carbocycles. The third-order valence-electron chi connectivity index (χ3n) is 8.09. The van der Waals surface area contributed by atoms with Crippen molar-refractivity contribution < 1.29 is 9.53 Å². The van der Waals surface area contributed by atoms with Crippen molar-refractivity contribution in [3.8, 4) is 11.4 Å². The average Bonchev–Trinajstić information content (AvgIpc) is 3.52. The predicted molar refractivity (Wildman–Crippen MR) is 128 cm³/mol. The Labute approximate surface area is 193 Å². The van der Waals surface area contributed by atoms with Gasteiger partial charge in [-0.25, -0.2) is 4.98 Å². The van der Waals surface area contributed by atoms with E-state index < -0.39 is 0 Å². The first-order valence-electron chi connectivity index (χ1n) is 11.6. The van der Waals surface area contributed by atoms with Gasteiger partial charge in [-0.05, 0) is 66.3 Å². The number of ether oxygens (including phenoxy) is 1. The van der Waals surface area contributed by atoms with E-state index in [1.165, 1.54) is 11.1 Å². The number of piperidine rings is 1. The summed E-state index contributed by atoms with van der Waals surface area (Å²) in [5, 5.41) is 0. The lowest BCUT2D eigenvalue weighted by Gasteiger charge is -2.55. The van der Waals surface area contributed by atoms with Gasteiger partial charge >= 0.3 is 0 Å². The number of H-pyrrole nitrogens is 1. The summed E-state index contributed by atoms with van der Waals surface area (Å²) in [6, 6.07) is 14.3. The largest absolute Gasteiger partial charge is 0.495 e. The van der Waals surface area contributed by atoms with Crippen LogP contribution in [0.2, 0.25) is 0 Å². The minimum absolute atomic E-state index is 0.0451. The molecule has 3 atom stereocenters. The van der Waals surface area contributed by atoms with Gasteiger partial charge in [-0.3, -0.25) is 4.79 Å². The normalized spacial score (nSPS) is 24.0. The van der Waals surface area contributed by atoms with Crippen molar-refractivity contribution in [2.75, 3.05) is 13.7 Å². The molecule has 2 aliphatic rings. The number of fused-ring (bicyclic) bond motifs is 5. The van der Waals surface area contributed by atoms with Crippen molar-refractivity contribution in [2.45, 2.75) is 38.1 Å². The number of amides is 1. The fraction of sp³-hybridized carbons (Fsp3) is 0.333. The molecule has 3 heterocycles.